The Kier molecular flexibility index (Phi) is 5.33. The number of fused-ring (bicyclic) bond motifs is 1. The van der Waals surface area contributed by atoms with Crippen LogP contribution in [0, 0.1) is 11.3 Å². The summed E-state index contributed by atoms with van der Waals surface area (Å²) in [5.74, 6) is 1.16. The smallest absolute Gasteiger partial charge is 0.227 e. The lowest BCUT2D eigenvalue weighted by Crippen LogP contribution is -2.29. The van der Waals surface area contributed by atoms with Gasteiger partial charge in [-0.05, 0) is 80.7 Å². The van der Waals surface area contributed by atoms with Gasteiger partial charge in [0.25, 0.3) is 0 Å². The van der Waals surface area contributed by atoms with E-state index < -0.39 is 0 Å². The molecular weight excluding hydrogens is 336 g/mol. The number of benzene rings is 1. The van der Waals surface area contributed by atoms with Crippen molar-refractivity contribution in [3.63, 3.8) is 0 Å². The van der Waals surface area contributed by atoms with Crippen molar-refractivity contribution in [3.05, 3.63) is 46.8 Å². The lowest BCUT2D eigenvalue weighted by atomic mass is 9.85. The molecular formula is C21H26N6. The van der Waals surface area contributed by atoms with E-state index in [1.807, 2.05) is 6.20 Å². The molecule has 6 nitrogen and oxygen atoms in total. The van der Waals surface area contributed by atoms with Crippen molar-refractivity contribution in [2.45, 2.75) is 38.1 Å². The fraction of sp³-hybridized carbons (Fsp3) is 0.476. The summed E-state index contributed by atoms with van der Waals surface area (Å²) in [7, 11) is 2.17. The number of likely N-dealkylation sites (tertiary alicyclic amines) is 1. The molecule has 4 rings (SSSR count). The van der Waals surface area contributed by atoms with Crippen molar-refractivity contribution in [2.24, 2.45) is 0 Å². The van der Waals surface area contributed by atoms with Crippen LogP contribution < -0.4 is 10.6 Å². The summed E-state index contributed by atoms with van der Waals surface area (Å²) in [6, 6.07) is 8.70. The number of nitrogens with one attached hydrogen (secondary N) is 2. The Morgan fingerprint density at radius 3 is 3.00 bits per heavy atom. The molecule has 0 aliphatic carbocycles. The van der Waals surface area contributed by atoms with Crippen molar-refractivity contribution < 1.29 is 0 Å². The summed E-state index contributed by atoms with van der Waals surface area (Å²) in [5.41, 5.74) is 5.68. The van der Waals surface area contributed by atoms with Crippen molar-refractivity contribution in [1.29, 1.82) is 5.26 Å². The first-order chi connectivity index (χ1) is 13.2. The van der Waals surface area contributed by atoms with E-state index in [-0.39, 0.29) is 0 Å². The van der Waals surface area contributed by atoms with Crippen LogP contribution in [0.15, 0.2) is 24.4 Å². The molecule has 3 heterocycles. The summed E-state index contributed by atoms with van der Waals surface area (Å²) in [4.78, 5) is 11.5. The maximum Gasteiger partial charge on any atom is 0.227 e. The van der Waals surface area contributed by atoms with Crippen molar-refractivity contribution in [1.82, 2.24) is 20.2 Å². The molecule has 1 aromatic heterocycles. The average Bonchev–Trinajstić information content (AvgIpc) is 2.69. The second-order valence-electron chi connectivity index (χ2n) is 7.54. The topological polar surface area (TPSA) is 76.9 Å². The summed E-state index contributed by atoms with van der Waals surface area (Å²) in [6.45, 7) is 4.02. The second kappa shape index (κ2) is 8.03. The minimum atomic E-state index is 0.437. The van der Waals surface area contributed by atoms with E-state index in [1.165, 1.54) is 11.1 Å². The predicted molar refractivity (Wildman–Crippen MR) is 106 cm³/mol. The van der Waals surface area contributed by atoms with E-state index in [0.717, 1.165) is 62.4 Å². The monoisotopic (exact) mass is 362 g/mol. The normalized spacial score (nSPS) is 17.9. The third-order valence-corrected chi connectivity index (χ3v) is 5.64. The van der Waals surface area contributed by atoms with Crippen LogP contribution in [-0.4, -0.2) is 41.5 Å². The quantitative estimate of drug-likeness (QED) is 0.871. The molecule has 2 aromatic rings. The van der Waals surface area contributed by atoms with Crippen LogP contribution in [0.1, 0.15) is 41.1 Å². The maximum atomic E-state index is 9.29. The highest BCUT2D eigenvalue weighted by Gasteiger charge is 2.21. The number of nitriles is 1. The van der Waals surface area contributed by atoms with Crippen molar-refractivity contribution in [2.75, 3.05) is 32.0 Å². The van der Waals surface area contributed by atoms with E-state index in [2.05, 4.69) is 56.8 Å². The molecule has 1 saturated heterocycles. The Morgan fingerprint density at radius 1 is 1.33 bits per heavy atom. The van der Waals surface area contributed by atoms with E-state index >= 15 is 0 Å². The highest BCUT2D eigenvalue weighted by molar-refractivity contribution is 5.57. The molecule has 2 N–H and O–H groups in total. The van der Waals surface area contributed by atoms with Gasteiger partial charge in [-0.2, -0.15) is 5.26 Å². The third-order valence-electron chi connectivity index (χ3n) is 5.64. The average molecular weight is 362 g/mol. The molecule has 0 amide bonds. The molecule has 6 heteroatoms. The Balaban J connectivity index is 1.55. The van der Waals surface area contributed by atoms with Gasteiger partial charge >= 0.3 is 0 Å². The van der Waals surface area contributed by atoms with Gasteiger partial charge < -0.3 is 15.5 Å². The molecule has 1 aromatic carbocycles. The van der Waals surface area contributed by atoms with Crippen LogP contribution in [0.25, 0.3) is 0 Å². The van der Waals surface area contributed by atoms with Crippen LogP contribution in [0.4, 0.5) is 11.6 Å². The summed E-state index contributed by atoms with van der Waals surface area (Å²) >= 11 is 0. The van der Waals surface area contributed by atoms with E-state index in [9.17, 15) is 5.26 Å². The van der Waals surface area contributed by atoms with E-state index in [1.54, 1.807) is 0 Å². The standard InChI is InChI=1S/C21H26N6/c1-27-10-6-15(7-11-27)19-3-2-18(12-16(19)4-8-22)25-21-24-13-17-5-9-23-14-20(17)26-21/h2-3,12-13,15,23H,4-7,9-11,14H2,1H3,(H,24,25,26). The number of aromatic nitrogens is 2. The first kappa shape index (κ1) is 17.9. The number of hydrogen-bond acceptors (Lipinski definition) is 6. The zero-order chi connectivity index (χ0) is 18.6. The Labute approximate surface area is 160 Å². The SMILES string of the molecule is CN1CCC(c2ccc(Nc3ncc4c(n3)CNCC4)cc2CC#N)CC1. The Bertz CT molecular complexity index is 848. The summed E-state index contributed by atoms with van der Waals surface area (Å²) in [5, 5.41) is 16.0. The highest BCUT2D eigenvalue weighted by Crippen LogP contribution is 2.32. The zero-order valence-corrected chi connectivity index (χ0v) is 15.8. The molecule has 0 radical (unpaired) electrons. The number of hydrogen-bond donors (Lipinski definition) is 2. The molecule has 140 valence electrons. The molecule has 1 fully saturated rings. The lowest BCUT2D eigenvalue weighted by molar-refractivity contribution is 0.255. The second-order valence-corrected chi connectivity index (χ2v) is 7.54. The Hall–Kier alpha value is -2.49. The van der Waals surface area contributed by atoms with Crippen LogP contribution in [0.2, 0.25) is 0 Å². The minimum absolute atomic E-state index is 0.437. The lowest BCUT2D eigenvalue weighted by Gasteiger charge is -2.30. The molecule has 2 aliphatic rings. The van der Waals surface area contributed by atoms with Gasteiger partial charge in [0.05, 0.1) is 18.2 Å². The molecule has 0 saturated carbocycles. The van der Waals surface area contributed by atoms with Gasteiger partial charge in [-0.25, -0.2) is 9.97 Å². The van der Waals surface area contributed by atoms with Crippen LogP contribution in [0.3, 0.4) is 0 Å². The van der Waals surface area contributed by atoms with Crippen LogP contribution in [0.5, 0.6) is 0 Å². The van der Waals surface area contributed by atoms with Gasteiger partial charge in [0.1, 0.15) is 0 Å². The molecule has 0 bridgehead atoms. The first-order valence-electron chi connectivity index (χ1n) is 9.74. The number of rotatable bonds is 4. The molecule has 0 atom stereocenters. The maximum absolute atomic E-state index is 9.29. The van der Waals surface area contributed by atoms with Crippen molar-refractivity contribution >= 4 is 11.6 Å². The highest BCUT2D eigenvalue weighted by atomic mass is 15.1. The van der Waals surface area contributed by atoms with E-state index in [0.29, 0.717) is 18.3 Å². The van der Waals surface area contributed by atoms with E-state index in [4.69, 9.17) is 0 Å². The number of anilines is 2. The number of nitrogens with zero attached hydrogens (tertiary/aromatic N) is 4. The minimum Gasteiger partial charge on any atom is -0.324 e. The third kappa shape index (κ3) is 4.10. The predicted octanol–water partition coefficient (Wildman–Crippen LogP) is 2.74. The van der Waals surface area contributed by atoms with Gasteiger partial charge in [0.15, 0.2) is 0 Å². The van der Waals surface area contributed by atoms with Crippen LogP contribution >= 0.6 is 0 Å². The first-order valence-corrected chi connectivity index (χ1v) is 9.74. The zero-order valence-electron chi connectivity index (χ0n) is 15.8. The molecule has 0 spiro atoms. The van der Waals surface area contributed by atoms with Crippen LogP contribution in [-0.2, 0) is 19.4 Å². The molecule has 2 aliphatic heterocycles. The fourth-order valence-electron chi connectivity index (χ4n) is 4.06. The molecule has 0 unspecified atom stereocenters. The molecule has 27 heavy (non-hydrogen) atoms. The van der Waals surface area contributed by atoms with Gasteiger partial charge in [-0.15, -0.1) is 0 Å². The summed E-state index contributed by atoms with van der Waals surface area (Å²) < 4.78 is 0. The van der Waals surface area contributed by atoms with Gasteiger partial charge in [0, 0.05) is 18.4 Å². The largest absolute Gasteiger partial charge is 0.324 e. The van der Waals surface area contributed by atoms with Gasteiger partial charge in [-0.1, -0.05) is 6.07 Å². The number of piperidine rings is 1. The summed E-state index contributed by atoms with van der Waals surface area (Å²) in [6.07, 6.45) is 5.65. The van der Waals surface area contributed by atoms with Gasteiger partial charge in [-0.3, -0.25) is 0 Å². The fourth-order valence-corrected chi connectivity index (χ4v) is 4.06. The van der Waals surface area contributed by atoms with Crippen molar-refractivity contribution in [3.8, 4) is 6.07 Å². The Morgan fingerprint density at radius 2 is 2.19 bits per heavy atom. The van der Waals surface area contributed by atoms with Gasteiger partial charge in [0.2, 0.25) is 5.95 Å².